The number of hydrogen-bond acceptors (Lipinski definition) is 4. The van der Waals surface area contributed by atoms with Gasteiger partial charge in [-0.2, -0.15) is 13.2 Å². The van der Waals surface area contributed by atoms with Gasteiger partial charge in [0.2, 0.25) is 0 Å². The summed E-state index contributed by atoms with van der Waals surface area (Å²) in [5.74, 6) is 0.350. The van der Waals surface area contributed by atoms with E-state index in [0.717, 1.165) is 6.20 Å². The number of alkyl halides is 3. The van der Waals surface area contributed by atoms with Crippen molar-refractivity contribution in [2.45, 2.75) is 32.1 Å². The lowest BCUT2D eigenvalue weighted by molar-refractivity contribution is -0.141. The van der Waals surface area contributed by atoms with Crippen LogP contribution < -0.4 is 4.90 Å². The van der Waals surface area contributed by atoms with Crippen molar-refractivity contribution in [3.8, 4) is 0 Å². The first kappa shape index (κ1) is 15.8. The fourth-order valence-corrected chi connectivity index (χ4v) is 2.82. The van der Waals surface area contributed by atoms with Crippen molar-refractivity contribution < 1.29 is 18.0 Å². The highest BCUT2D eigenvalue weighted by molar-refractivity contribution is 6.62. The molecule has 0 spiro atoms. The smallest absolute Gasteiger partial charge is 0.351 e. The molecule has 0 bridgehead atoms. The number of carbonyl (C=O) groups excluding carboxylic acids is 1. The van der Waals surface area contributed by atoms with E-state index >= 15 is 0 Å². The monoisotopic (exact) mass is 322 g/mol. The van der Waals surface area contributed by atoms with E-state index in [4.69, 9.17) is 11.6 Å². The van der Waals surface area contributed by atoms with Gasteiger partial charge >= 0.3 is 11.5 Å². The van der Waals surface area contributed by atoms with Crippen molar-refractivity contribution in [2.75, 3.05) is 18.0 Å². The zero-order valence-corrected chi connectivity index (χ0v) is 12.2. The zero-order valence-electron chi connectivity index (χ0n) is 11.4. The summed E-state index contributed by atoms with van der Waals surface area (Å²) in [5, 5.41) is -0.534. The lowest BCUT2D eigenvalue weighted by Gasteiger charge is -2.43. The van der Waals surface area contributed by atoms with E-state index in [9.17, 15) is 18.0 Å². The number of hydrogen-bond donors (Lipinski definition) is 0. The van der Waals surface area contributed by atoms with Gasteiger partial charge in [0, 0.05) is 25.2 Å². The van der Waals surface area contributed by atoms with Crippen LogP contribution in [-0.2, 0) is 6.18 Å². The average Bonchev–Trinajstić information content (AvgIpc) is 2.36. The molecule has 0 aliphatic carbocycles. The van der Waals surface area contributed by atoms with Crippen LogP contribution in [0.5, 0.6) is 0 Å². The Morgan fingerprint density at radius 3 is 2.19 bits per heavy atom. The van der Waals surface area contributed by atoms with E-state index in [1.54, 1.807) is 4.90 Å². The van der Waals surface area contributed by atoms with E-state index in [1.807, 2.05) is 13.8 Å². The van der Waals surface area contributed by atoms with E-state index in [2.05, 4.69) is 9.97 Å². The van der Waals surface area contributed by atoms with Gasteiger partial charge in [-0.05, 0) is 25.4 Å². The second-order valence-electron chi connectivity index (χ2n) is 5.02. The predicted octanol–water partition coefficient (Wildman–Crippen LogP) is 2.75. The number of anilines is 1. The molecule has 0 aromatic carbocycles. The summed E-state index contributed by atoms with van der Waals surface area (Å²) in [7, 11) is 0. The first-order chi connectivity index (χ1) is 9.70. The van der Waals surface area contributed by atoms with Crippen LogP contribution in [0.4, 0.5) is 23.8 Å². The van der Waals surface area contributed by atoms with Gasteiger partial charge in [-0.15, -0.1) is 0 Å². The molecule has 116 valence electrons. The number of carbonyl (C=O) groups is 1. The highest BCUT2D eigenvalue weighted by Crippen LogP contribution is 2.28. The summed E-state index contributed by atoms with van der Waals surface area (Å²) < 4.78 is 37.4. The molecule has 1 saturated heterocycles. The third kappa shape index (κ3) is 3.37. The highest BCUT2D eigenvalue weighted by Gasteiger charge is 2.35. The van der Waals surface area contributed by atoms with Gasteiger partial charge in [-0.3, -0.25) is 4.79 Å². The van der Waals surface area contributed by atoms with Crippen molar-refractivity contribution in [1.82, 2.24) is 14.9 Å². The standard InChI is InChI=1S/C12H14ClF3N4O/c1-7-5-19(6-8(2)20(7)11(13)21)10-4-17-9(3-18-10)12(14,15)16/h3-4,7-8H,5-6H2,1-2H3/t7-,8-/m1/s1. The van der Waals surface area contributed by atoms with Crippen molar-refractivity contribution in [3.63, 3.8) is 0 Å². The quantitative estimate of drug-likeness (QED) is 0.589. The van der Waals surface area contributed by atoms with Gasteiger partial charge in [0.1, 0.15) is 5.82 Å². The number of nitrogens with zero attached hydrogens (tertiary/aromatic N) is 4. The largest absolute Gasteiger partial charge is 0.434 e. The van der Waals surface area contributed by atoms with Crippen LogP contribution in [0.3, 0.4) is 0 Å². The first-order valence-corrected chi connectivity index (χ1v) is 6.70. The van der Waals surface area contributed by atoms with Crippen molar-refractivity contribution in [3.05, 3.63) is 18.1 Å². The topological polar surface area (TPSA) is 49.3 Å². The second kappa shape index (κ2) is 5.67. The maximum atomic E-state index is 12.5. The molecule has 0 N–H and O–H groups in total. The van der Waals surface area contributed by atoms with Crippen LogP contribution in [-0.4, -0.2) is 45.4 Å². The molecule has 0 radical (unpaired) electrons. The van der Waals surface area contributed by atoms with Crippen LogP contribution in [0.15, 0.2) is 12.4 Å². The Kier molecular flexibility index (Phi) is 4.27. The van der Waals surface area contributed by atoms with Crippen LogP contribution in [0.2, 0.25) is 0 Å². The summed E-state index contributed by atoms with van der Waals surface area (Å²) in [5.41, 5.74) is -1.03. The fourth-order valence-electron chi connectivity index (χ4n) is 2.49. The lowest BCUT2D eigenvalue weighted by atomic mass is 10.1. The Balaban J connectivity index is 2.15. The molecule has 1 aliphatic rings. The Hall–Kier alpha value is -1.57. The van der Waals surface area contributed by atoms with Gasteiger partial charge in [0.25, 0.3) is 0 Å². The number of piperazine rings is 1. The van der Waals surface area contributed by atoms with Crippen LogP contribution in [0, 0.1) is 0 Å². The van der Waals surface area contributed by atoms with Gasteiger partial charge in [0.05, 0.1) is 12.4 Å². The van der Waals surface area contributed by atoms with Crippen molar-refractivity contribution in [2.24, 2.45) is 0 Å². The van der Waals surface area contributed by atoms with Gasteiger partial charge in [-0.1, -0.05) is 0 Å². The third-order valence-corrected chi connectivity index (χ3v) is 3.57. The summed E-state index contributed by atoms with van der Waals surface area (Å²) in [6.45, 7) is 4.51. The third-order valence-electron chi connectivity index (χ3n) is 3.37. The molecular weight excluding hydrogens is 309 g/mol. The minimum absolute atomic E-state index is 0.164. The minimum Gasteiger partial charge on any atom is -0.351 e. The minimum atomic E-state index is -4.50. The normalized spacial score (nSPS) is 23.3. The molecule has 21 heavy (non-hydrogen) atoms. The van der Waals surface area contributed by atoms with Gasteiger partial charge in [-0.25, -0.2) is 9.97 Å². The molecule has 2 heterocycles. The SMILES string of the molecule is C[C@@H]1CN(c2cnc(C(F)(F)F)cn2)C[C@@H](C)N1C(=O)Cl. The highest BCUT2D eigenvalue weighted by atomic mass is 35.5. The molecule has 1 aliphatic heterocycles. The molecule has 1 fully saturated rings. The van der Waals surface area contributed by atoms with E-state index < -0.39 is 17.2 Å². The van der Waals surface area contributed by atoms with Crippen LogP contribution in [0.1, 0.15) is 19.5 Å². The zero-order chi connectivity index (χ0) is 15.8. The van der Waals surface area contributed by atoms with Crippen LogP contribution >= 0.6 is 11.6 Å². The summed E-state index contributed by atoms with van der Waals surface area (Å²) in [6.07, 6.45) is -2.69. The Bertz CT molecular complexity index is 510. The van der Waals surface area contributed by atoms with E-state index in [1.165, 1.54) is 4.90 Å². The van der Waals surface area contributed by atoms with Crippen molar-refractivity contribution in [1.29, 1.82) is 0 Å². The molecule has 2 atom stereocenters. The molecule has 9 heteroatoms. The van der Waals surface area contributed by atoms with Gasteiger partial charge < -0.3 is 9.80 Å². The van der Waals surface area contributed by atoms with E-state index in [-0.39, 0.29) is 12.1 Å². The molecule has 2 rings (SSSR count). The summed E-state index contributed by atoms with van der Waals surface area (Å²) in [4.78, 5) is 21.9. The number of aromatic nitrogens is 2. The molecule has 1 aromatic heterocycles. The van der Waals surface area contributed by atoms with E-state index in [0.29, 0.717) is 25.1 Å². The fraction of sp³-hybridized carbons (Fsp3) is 0.583. The molecular formula is C12H14ClF3N4O. The molecule has 1 amide bonds. The maximum absolute atomic E-state index is 12.5. The summed E-state index contributed by atoms with van der Waals surface area (Å²) in [6, 6.07) is -0.328. The van der Waals surface area contributed by atoms with Crippen LogP contribution in [0.25, 0.3) is 0 Å². The number of halogens is 4. The lowest BCUT2D eigenvalue weighted by Crippen LogP contribution is -2.57. The van der Waals surface area contributed by atoms with Gasteiger partial charge in [0.15, 0.2) is 5.69 Å². The first-order valence-electron chi connectivity index (χ1n) is 6.32. The average molecular weight is 323 g/mol. The summed E-state index contributed by atoms with van der Waals surface area (Å²) >= 11 is 5.53. The Labute approximate surface area is 124 Å². The molecule has 5 nitrogen and oxygen atoms in total. The number of rotatable bonds is 1. The number of amides is 1. The molecule has 0 saturated carbocycles. The Morgan fingerprint density at radius 1 is 1.24 bits per heavy atom. The Morgan fingerprint density at radius 2 is 1.81 bits per heavy atom. The second-order valence-corrected chi connectivity index (χ2v) is 5.34. The molecule has 1 aromatic rings. The van der Waals surface area contributed by atoms with Crippen molar-refractivity contribution >= 4 is 22.8 Å². The predicted molar refractivity (Wildman–Crippen MR) is 71.3 cm³/mol. The molecule has 0 unspecified atom stereocenters. The maximum Gasteiger partial charge on any atom is 0.434 e.